The first-order valence-electron chi connectivity index (χ1n) is 5.07. The van der Waals surface area contributed by atoms with Crippen LogP contribution in [0.3, 0.4) is 0 Å². The molecule has 0 spiro atoms. The summed E-state index contributed by atoms with van der Waals surface area (Å²) in [5.74, 6) is -0.0666. The third kappa shape index (κ3) is 3.79. The van der Waals surface area contributed by atoms with E-state index in [4.69, 9.17) is 4.74 Å². The van der Waals surface area contributed by atoms with Crippen LogP contribution in [0.5, 0.6) is 0 Å². The second-order valence-electron chi connectivity index (χ2n) is 4.15. The van der Waals surface area contributed by atoms with Crippen molar-refractivity contribution in [3.05, 3.63) is 0 Å². The van der Waals surface area contributed by atoms with Gasteiger partial charge in [0.05, 0.1) is 13.0 Å². The molecule has 0 saturated heterocycles. The molecule has 78 valence electrons. The molecule has 0 aliphatic carbocycles. The van der Waals surface area contributed by atoms with Crippen LogP contribution in [-0.2, 0) is 9.53 Å². The maximum absolute atomic E-state index is 11.2. The SMILES string of the molecule is CCC(C)(CC)C[C@@H](C)C(=O)OC. The van der Waals surface area contributed by atoms with Crippen LogP contribution in [0, 0.1) is 11.3 Å². The Hall–Kier alpha value is -0.530. The van der Waals surface area contributed by atoms with Gasteiger partial charge in [0, 0.05) is 0 Å². The molecule has 0 fully saturated rings. The maximum atomic E-state index is 11.2. The van der Waals surface area contributed by atoms with Gasteiger partial charge in [0.15, 0.2) is 0 Å². The second kappa shape index (κ2) is 5.25. The van der Waals surface area contributed by atoms with E-state index in [1.165, 1.54) is 7.11 Å². The van der Waals surface area contributed by atoms with Crippen LogP contribution in [0.2, 0.25) is 0 Å². The third-order valence-corrected chi connectivity index (χ3v) is 3.11. The molecule has 0 aliphatic heterocycles. The molecular weight excluding hydrogens is 164 g/mol. The summed E-state index contributed by atoms with van der Waals surface area (Å²) in [6, 6.07) is 0. The number of ether oxygens (including phenoxy) is 1. The van der Waals surface area contributed by atoms with Gasteiger partial charge in [-0.15, -0.1) is 0 Å². The van der Waals surface area contributed by atoms with Crippen molar-refractivity contribution < 1.29 is 9.53 Å². The Morgan fingerprint density at radius 1 is 1.38 bits per heavy atom. The summed E-state index contributed by atoms with van der Waals surface area (Å²) < 4.78 is 4.71. The standard InChI is InChI=1S/C11H22O2/c1-6-11(4,7-2)8-9(3)10(12)13-5/h9H,6-8H2,1-5H3/t9-/m1/s1. The van der Waals surface area contributed by atoms with Crippen LogP contribution < -0.4 is 0 Å². The van der Waals surface area contributed by atoms with E-state index in [-0.39, 0.29) is 17.3 Å². The van der Waals surface area contributed by atoms with Crippen molar-refractivity contribution in [2.75, 3.05) is 7.11 Å². The number of hydrogen-bond acceptors (Lipinski definition) is 2. The van der Waals surface area contributed by atoms with Crippen LogP contribution in [0.4, 0.5) is 0 Å². The number of hydrogen-bond donors (Lipinski definition) is 0. The fourth-order valence-electron chi connectivity index (χ4n) is 1.56. The van der Waals surface area contributed by atoms with Crippen LogP contribution in [0.25, 0.3) is 0 Å². The fraction of sp³-hybridized carbons (Fsp3) is 0.909. The van der Waals surface area contributed by atoms with Gasteiger partial charge < -0.3 is 4.74 Å². The highest BCUT2D eigenvalue weighted by Crippen LogP contribution is 2.33. The van der Waals surface area contributed by atoms with Crippen molar-refractivity contribution in [3.63, 3.8) is 0 Å². The maximum Gasteiger partial charge on any atom is 0.308 e. The van der Waals surface area contributed by atoms with Crippen LogP contribution in [0.15, 0.2) is 0 Å². The summed E-state index contributed by atoms with van der Waals surface area (Å²) in [5.41, 5.74) is 0.285. The Morgan fingerprint density at radius 2 is 1.85 bits per heavy atom. The number of esters is 1. The van der Waals surface area contributed by atoms with E-state index in [0.717, 1.165) is 19.3 Å². The van der Waals surface area contributed by atoms with Gasteiger partial charge in [-0.25, -0.2) is 0 Å². The van der Waals surface area contributed by atoms with Gasteiger partial charge in [-0.2, -0.15) is 0 Å². The largest absolute Gasteiger partial charge is 0.469 e. The molecule has 2 heteroatoms. The smallest absolute Gasteiger partial charge is 0.308 e. The zero-order valence-corrected chi connectivity index (χ0v) is 9.52. The molecule has 0 saturated carbocycles. The first-order chi connectivity index (χ1) is 5.99. The summed E-state index contributed by atoms with van der Waals surface area (Å²) >= 11 is 0. The van der Waals surface area contributed by atoms with E-state index in [1.54, 1.807) is 0 Å². The lowest BCUT2D eigenvalue weighted by atomic mass is 9.77. The summed E-state index contributed by atoms with van der Waals surface area (Å²) in [6.07, 6.45) is 3.16. The van der Waals surface area contributed by atoms with Crippen molar-refractivity contribution in [1.29, 1.82) is 0 Å². The minimum absolute atomic E-state index is 0.0231. The fourth-order valence-corrected chi connectivity index (χ4v) is 1.56. The van der Waals surface area contributed by atoms with E-state index < -0.39 is 0 Å². The lowest BCUT2D eigenvalue weighted by molar-refractivity contribution is -0.146. The highest BCUT2D eigenvalue weighted by atomic mass is 16.5. The van der Waals surface area contributed by atoms with Gasteiger partial charge in [0.25, 0.3) is 0 Å². The van der Waals surface area contributed by atoms with E-state index in [1.807, 2.05) is 6.92 Å². The molecule has 0 rings (SSSR count). The average molecular weight is 186 g/mol. The highest BCUT2D eigenvalue weighted by molar-refractivity contribution is 5.71. The Labute approximate surface area is 81.7 Å². The molecule has 0 bridgehead atoms. The Balaban J connectivity index is 4.16. The topological polar surface area (TPSA) is 26.3 Å². The van der Waals surface area contributed by atoms with Gasteiger partial charge >= 0.3 is 5.97 Å². The quantitative estimate of drug-likeness (QED) is 0.617. The molecule has 13 heavy (non-hydrogen) atoms. The van der Waals surface area contributed by atoms with E-state index >= 15 is 0 Å². The summed E-state index contributed by atoms with van der Waals surface area (Å²) in [6.45, 7) is 8.52. The Kier molecular flexibility index (Phi) is 5.04. The summed E-state index contributed by atoms with van der Waals surface area (Å²) in [4.78, 5) is 11.2. The summed E-state index contributed by atoms with van der Waals surface area (Å²) in [5, 5.41) is 0. The van der Waals surface area contributed by atoms with Crippen molar-refractivity contribution in [1.82, 2.24) is 0 Å². The first-order valence-corrected chi connectivity index (χ1v) is 5.07. The minimum atomic E-state index is -0.0897. The average Bonchev–Trinajstić information content (AvgIpc) is 2.16. The minimum Gasteiger partial charge on any atom is -0.469 e. The van der Waals surface area contributed by atoms with Crippen molar-refractivity contribution in [2.24, 2.45) is 11.3 Å². The molecule has 0 heterocycles. The molecule has 0 aliphatic rings. The molecular formula is C11H22O2. The molecule has 0 amide bonds. The van der Waals surface area contributed by atoms with Crippen molar-refractivity contribution in [3.8, 4) is 0 Å². The molecule has 2 nitrogen and oxygen atoms in total. The molecule has 0 aromatic heterocycles. The Morgan fingerprint density at radius 3 is 2.15 bits per heavy atom. The lowest BCUT2D eigenvalue weighted by Crippen LogP contribution is -2.23. The number of rotatable bonds is 5. The molecule has 0 aromatic carbocycles. The predicted octanol–water partition coefficient (Wildman–Crippen LogP) is 3.01. The van der Waals surface area contributed by atoms with Crippen LogP contribution in [0.1, 0.15) is 47.0 Å². The zero-order valence-electron chi connectivity index (χ0n) is 9.52. The third-order valence-electron chi connectivity index (χ3n) is 3.11. The number of carbonyl (C=O) groups is 1. The molecule has 0 radical (unpaired) electrons. The zero-order chi connectivity index (χ0) is 10.5. The van der Waals surface area contributed by atoms with Gasteiger partial charge in [-0.05, 0) is 11.8 Å². The van der Waals surface area contributed by atoms with Gasteiger partial charge in [0.1, 0.15) is 0 Å². The number of carbonyl (C=O) groups excluding carboxylic acids is 1. The van der Waals surface area contributed by atoms with Gasteiger partial charge in [0.2, 0.25) is 0 Å². The van der Waals surface area contributed by atoms with E-state index in [2.05, 4.69) is 20.8 Å². The molecule has 1 atom stereocenters. The van der Waals surface area contributed by atoms with E-state index in [9.17, 15) is 4.79 Å². The number of methoxy groups -OCH3 is 1. The van der Waals surface area contributed by atoms with Crippen LogP contribution in [-0.4, -0.2) is 13.1 Å². The predicted molar refractivity (Wildman–Crippen MR) is 54.5 cm³/mol. The normalized spacial score (nSPS) is 13.9. The first kappa shape index (κ1) is 12.5. The second-order valence-corrected chi connectivity index (χ2v) is 4.15. The van der Waals surface area contributed by atoms with E-state index in [0.29, 0.717) is 0 Å². The van der Waals surface area contributed by atoms with Gasteiger partial charge in [-0.1, -0.05) is 40.5 Å². The molecule has 0 aromatic rings. The van der Waals surface area contributed by atoms with Gasteiger partial charge in [-0.3, -0.25) is 4.79 Å². The Bertz CT molecular complexity index is 159. The molecule has 0 unspecified atom stereocenters. The van der Waals surface area contributed by atoms with Crippen LogP contribution >= 0.6 is 0 Å². The monoisotopic (exact) mass is 186 g/mol. The highest BCUT2D eigenvalue weighted by Gasteiger charge is 2.26. The summed E-state index contributed by atoms with van der Waals surface area (Å²) in [7, 11) is 1.45. The van der Waals surface area contributed by atoms with Crippen molar-refractivity contribution in [2.45, 2.75) is 47.0 Å². The molecule has 0 N–H and O–H groups in total. The lowest BCUT2D eigenvalue weighted by Gasteiger charge is -2.28. The van der Waals surface area contributed by atoms with Crippen molar-refractivity contribution >= 4 is 5.97 Å².